The molecule has 2 rings (SSSR count). The van der Waals surface area contributed by atoms with Gasteiger partial charge < -0.3 is 5.32 Å². The van der Waals surface area contributed by atoms with Crippen molar-refractivity contribution in [2.75, 3.05) is 39.8 Å². The lowest BCUT2D eigenvalue weighted by atomic mass is 10.3. The van der Waals surface area contributed by atoms with Crippen molar-refractivity contribution in [3.8, 4) is 0 Å². The minimum Gasteiger partial charge on any atom is -0.358 e. The SMILES string of the molecule is CNC(=O)CN1CCN(S(=O)(=O)c2cncc(Br)c2)CC1. The van der Waals surface area contributed by atoms with Crippen LogP contribution in [0.3, 0.4) is 0 Å². The van der Waals surface area contributed by atoms with Gasteiger partial charge in [-0.15, -0.1) is 0 Å². The average molecular weight is 377 g/mol. The number of aromatic nitrogens is 1. The molecule has 1 fully saturated rings. The predicted octanol–water partition coefficient (Wildman–Crippen LogP) is -0.104. The van der Waals surface area contributed by atoms with E-state index in [1.807, 2.05) is 4.90 Å². The van der Waals surface area contributed by atoms with Gasteiger partial charge in [0.25, 0.3) is 0 Å². The number of pyridine rings is 1. The molecule has 0 bridgehead atoms. The van der Waals surface area contributed by atoms with Gasteiger partial charge in [0.05, 0.1) is 6.54 Å². The largest absolute Gasteiger partial charge is 0.358 e. The zero-order valence-electron chi connectivity index (χ0n) is 11.6. The van der Waals surface area contributed by atoms with Gasteiger partial charge in [-0.3, -0.25) is 14.7 Å². The van der Waals surface area contributed by atoms with E-state index in [9.17, 15) is 13.2 Å². The highest BCUT2D eigenvalue weighted by atomic mass is 79.9. The fourth-order valence-corrected chi connectivity index (χ4v) is 4.02. The average Bonchev–Trinajstić information content (AvgIpc) is 2.47. The van der Waals surface area contributed by atoms with Gasteiger partial charge in [-0.1, -0.05) is 0 Å². The summed E-state index contributed by atoms with van der Waals surface area (Å²) in [6.07, 6.45) is 2.89. The van der Waals surface area contributed by atoms with Crippen molar-refractivity contribution < 1.29 is 13.2 Å². The van der Waals surface area contributed by atoms with E-state index >= 15 is 0 Å². The molecule has 1 aromatic heterocycles. The summed E-state index contributed by atoms with van der Waals surface area (Å²) in [5, 5.41) is 2.56. The Morgan fingerprint density at radius 1 is 1.33 bits per heavy atom. The van der Waals surface area contributed by atoms with Crippen molar-refractivity contribution in [2.45, 2.75) is 4.90 Å². The third kappa shape index (κ3) is 4.00. The van der Waals surface area contributed by atoms with Crippen LogP contribution in [0, 0.1) is 0 Å². The standard InChI is InChI=1S/C12H17BrN4O3S/c1-14-12(18)9-16-2-4-17(5-3-16)21(19,20)11-6-10(13)7-15-8-11/h6-8H,2-5,9H2,1H3,(H,14,18). The molecular weight excluding hydrogens is 360 g/mol. The van der Waals surface area contributed by atoms with Gasteiger partial charge in [0.2, 0.25) is 15.9 Å². The zero-order valence-corrected chi connectivity index (χ0v) is 14.0. The van der Waals surface area contributed by atoms with Gasteiger partial charge in [0, 0.05) is 50.1 Å². The Morgan fingerprint density at radius 3 is 2.57 bits per heavy atom. The monoisotopic (exact) mass is 376 g/mol. The highest BCUT2D eigenvalue weighted by Gasteiger charge is 2.29. The molecule has 2 heterocycles. The normalized spacial score (nSPS) is 17.6. The maximum absolute atomic E-state index is 12.5. The molecule has 0 aliphatic carbocycles. The van der Waals surface area contributed by atoms with E-state index in [0.717, 1.165) is 0 Å². The fourth-order valence-electron chi connectivity index (χ4n) is 2.09. The van der Waals surface area contributed by atoms with Crippen LogP contribution in [-0.4, -0.2) is 68.3 Å². The van der Waals surface area contributed by atoms with Crippen LogP contribution >= 0.6 is 15.9 Å². The number of hydrogen-bond donors (Lipinski definition) is 1. The second-order valence-corrected chi connectivity index (χ2v) is 7.55. The van der Waals surface area contributed by atoms with E-state index in [2.05, 4.69) is 26.2 Å². The Labute approximate surface area is 132 Å². The van der Waals surface area contributed by atoms with Crippen LogP contribution in [0.1, 0.15) is 0 Å². The Kier molecular flexibility index (Phi) is 5.31. The number of piperazine rings is 1. The summed E-state index contributed by atoms with van der Waals surface area (Å²) < 4.78 is 27.0. The molecule has 0 saturated carbocycles. The summed E-state index contributed by atoms with van der Waals surface area (Å²) in [6, 6.07) is 1.54. The maximum Gasteiger partial charge on any atom is 0.244 e. The highest BCUT2D eigenvalue weighted by Crippen LogP contribution is 2.19. The van der Waals surface area contributed by atoms with E-state index in [-0.39, 0.29) is 10.8 Å². The van der Waals surface area contributed by atoms with Crippen molar-refractivity contribution >= 4 is 31.9 Å². The fraction of sp³-hybridized carbons (Fsp3) is 0.500. The smallest absolute Gasteiger partial charge is 0.244 e. The van der Waals surface area contributed by atoms with E-state index in [0.29, 0.717) is 37.2 Å². The molecule has 1 aliphatic heterocycles. The van der Waals surface area contributed by atoms with Gasteiger partial charge in [-0.25, -0.2) is 8.42 Å². The minimum atomic E-state index is -3.53. The number of likely N-dealkylation sites (N-methyl/N-ethyl adjacent to an activating group) is 1. The van der Waals surface area contributed by atoms with Crippen molar-refractivity contribution in [2.24, 2.45) is 0 Å². The van der Waals surface area contributed by atoms with Crippen LogP contribution < -0.4 is 5.32 Å². The Hall–Kier alpha value is -1.03. The molecule has 0 spiro atoms. The lowest BCUT2D eigenvalue weighted by Gasteiger charge is -2.33. The summed E-state index contributed by atoms with van der Waals surface area (Å²) >= 11 is 3.23. The Bertz CT molecular complexity index is 615. The van der Waals surface area contributed by atoms with Crippen molar-refractivity contribution in [3.05, 3.63) is 22.9 Å². The van der Waals surface area contributed by atoms with E-state index in [1.54, 1.807) is 19.3 Å². The second kappa shape index (κ2) is 6.82. The van der Waals surface area contributed by atoms with Gasteiger partial charge >= 0.3 is 0 Å². The first-order chi connectivity index (χ1) is 9.93. The highest BCUT2D eigenvalue weighted by molar-refractivity contribution is 9.10. The van der Waals surface area contributed by atoms with E-state index in [4.69, 9.17) is 0 Å². The topological polar surface area (TPSA) is 82.6 Å². The number of nitrogens with zero attached hydrogens (tertiary/aromatic N) is 3. The number of hydrogen-bond acceptors (Lipinski definition) is 5. The number of carbonyl (C=O) groups is 1. The lowest BCUT2D eigenvalue weighted by Crippen LogP contribution is -2.50. The number of rotatable bonds is 4. The molecule has 1 amide bonds. The van der Waals surface area contributed by atoms with Crippen LogP contribution in [-0.2, 0) is 14.8 Å². The second-order valence-electron chi connectivity index (χ2n) is 4.69. The van der Waals surface area contributed by atoms with Crippen LogP contribution in [0.4, 0.5) is 0 Å². The summed E-state index contributed by atoms with van der Waals surface area (Å²) in [6.45, 7) is 2.10. The van der Waals surface area contributed by atoms with Gasteiger partial charge in [-0.05, 0) is 22.0 Å². The first kappa shape index (κ1) is 16.3. The molecule has 21 heavy (non-hydrogen) atoms. The molecule has 0 atom stereocenters. The van der Waals surface area contributed by atoms with Crippen molar-refractivity contribution in [1.29, 1.82) is 0 Å². The number of sulfonamides is 1. The first-order valence-electron chi connectivity index (χ1n) is 6.47. The van der Waals surface area contributed by atoms with Gasteiger partial charge in [0.15, 0.2) is 0 Å². The van der Waals surface area contributed by atoms with Crippen LogP contribution in [0.25, 0.3) is 0 Å². The van der Waals surface area contributed by atoms with Gasteiger partial charge in [-0.2, -0.15) is 4.31 Å². The summed E-state index contributed by atoms with van der Waals surface area (Å²) in [5.41, 5.74) is 0. The third-order valence-electron chi connectivity index (χ3n) is 3.29. The number of halogens is 1. The molecule has 0 unspecified atom stereocenters. The molecule has 1 aliphatic rings. The summed E-state index contributed by atoms with van der Waals surface area (Å²) in [4.78, 5) is 17.3. The number of amides is 1. The van der Waals surface area contributed by atoms with Crippen LogP contribution in [0.2, 0.25) is 0 Å². The van der Waals surface area contributed by atoms with Crippen molar-refractivity contribution in [1.82, 2.24) is 19.5 Å². The number of nitrogens with one attached hydrogen (secondary N) is 1. The molecule has 1 saturated heterocycles. The molecule has 116 valence electrons. The molecule has 9 heteroatoms. The van der Waals surface area contributed by atoms with Gasteiger partial charge in [0.1, 0.15) is 4.90 Å². The molecule has 0 aromatic carbocycles. The van der Waals surface area contributed by atoms with Crippen molar-refractivity contribution in [3.63, 3.8) is 0 Å². The Morgan fingerprint density at radius 2 is 2.00 bits per heavy atom. The molecule has 1 aromatic rings. The molecule has 0 radical (unpaired) electrons. The van der Waals surface area contributed by atoms with Crippen LogP contribution in [0.5, 0.6) is 0 Å². The zero-order chi connectivity index (χ0) is 15.5. The predicted molar refractivity (Wildman–Crippen MR) is 81.2 cm³/mol. The van der Waals surface area contributed by atoms with Crippen LogP contribution in [0.15, 0.2) is 27.8 Å². The molecule has 1 N–H and O–H groups in total. The Balaban J connectivity index is 2.03. The lowest BCUT2D eigenvalue weighted by molar-refractivity contribution is -0.122. The van der Waals surface area contributed by atoms with E-state index in [1.165, 1.54) is 10.5 Å². The van der Waals surface area contributed by atoms with E-state index < -0.39 is 10.0 Å². The summed E-state index contributed by atoms with van der Waals surface area (Å²) in [5.74, 6) is -0.0671. The minimum absolute atomic E-state index is 0.0671. The molecular formula is C12H17BrN4O3S. The third-order valence-corrected chi connectivity index (χ3v) is 5.59. The molecule has 7 nitrogen and oxygen atoms in total. The quantitative estimate of drug-likeness (QED) is 0.792. The maximum atomic E-state index is 12.5. The first-order valence-corrected chi connectivity index (χ1v) is 8.70. The number of carbonyl (C=O) groups excluding carboxylic acids is 1. The summed E-state index contributed by atoms with van der Waals surface area (Å²) in [7, 11) is -1.94.